The van der Waals surface area contributed by atoms with E-state index in [2.05, 4.69) is 10.2 Å². The van der Waals surface area contributed by atoms with Gasteiger partial charge in [0.25, 0.3) is 5.56 Å². The second-order valence-electron chi connectivity index (χ2n) is 6.08. The molecule has 2 aromatic rings. The molecule has 1 aromatic carbocycles. The average Bonchev–Trinajstić information content (AvgIpc) is 2.58. The molecule has 0 aliphatic heterocycles. The number of benzene rings is 1. The molecule has 0 spiro atoms. The molecule has 0 fully saturated rings. The largest absolute Gasteiger partial charge is 0.493 e. The monoisotopic (exact) mass is 338 g/mol. The third-order valence-corrected chi connectivity index (χ3v) is 4.13. The van der Waals surface area contributed by atoms with Crippen LogP contribution in [-0.4, -0.2) is 9.67 Å². The minimum atomic E-state index is -0.434. The Bertz CT molecular complexity index is 920. The first-order chi connectivity index (χ1) is 11.9. The molecule has 0 aliphatic carbocycles. The minimum absolute atomic E-state index is 0.0608. The fraction of sp³-hybridized carbons (Fsp3) is 0.368. The van der Waals surface area contributed by atoms with E-state index in [0.29, 0.717) is 17.8 Å². The molecule has 6 heteroatoms. The Kier molecular flexibility index (Phi) is 5.71. The van der Waals surface area contributed by atoms with Crippen LogP contribution in [0.25, 0.3) is 0 Å². The molecular weight excluding hydrogens is 316 g/mol. The molecule has 0 saturated heterocycles. The lowest BCUT2D eigenvalue weighted by Gasteiger charge is -2.12. The van der Waals surface area contributed by atoms with Crippen LogP contribution < -0.4 is 5.56 Å². The van der Waals surface area contributed by atoms with Gasteiger partial charge >= 0.3 is 0 Å². The number of pyridine rings is 1. The maximum Gasteiger partial charge on any atom is 0.281 e. The van der Waals surface area contributed by atoms with Gasteiger partial charge in [0.15, 0.2) is 5.69 Å². The molecule has 0 unspecified atom stereocenters. The van der Waals surface area contributed by atoms with Gasteiger partial charge in [0.2, 0.25) is 5.88 Å². The fourth-order valence-corrected chi connectivity index (χ4v) is 2.51. The Morgan fingerprint density at radius 1 is 1.24 bits per heavy atom. The molecular formula is C19H22N4O2. The summed E-state index contributed by atoms with van der Waals surface area (Å²) >= 11 is 0. The van der Waals surface area contributed by atoms with E-state index in [1.807, 2.05) is 45.0 Å². The zero-order chi connectivity index (χ0) is 18.6. The van der Waals surface area contributed by atoms with E-state index < -0.39 is 5.56 Å². The Morgan fingerprint density at radius 2 is 1.96 bits per heavy atom. The number of nitrogens with zero attached hydrogens (tertiary/aromatic N) is 4. The summed E-state index contributed by atoms with van der Waals surface area (Å²) in [5, 5.41) is 27.9. The van der Waals surface area contributed by atoms with E-state index in [-0.39, 0.29) is 17.1 Å². The number of nitriles is 1. The van der Waals surface area contributed by atoms with Gasteiger partial charge in [0.1, 0.15) is 11.6 Å². The third-order valence-electron chi connectivity index (χ3n) is 4.13. The SMILES string of the molecule is CCCCn1c(O)c(C#N)c(C)c(N=Nc2cc(C)ccc2C)c1=O. The lowest BCUT2D eigenvalue weighted by molar-refractivity contribution is 0.399. The van der Waals surface area contributed by atoms with Crippen molar-refractivity contribution in [3.05, 3.63) is 50.8 Å². The normalized spacial score (nSPS) is 11.0. The quantitative estimate of drug-likeness (QED) is 0.810. The summed E-state index contributed by atoms with van der Waals surface area (Å²) < 4.78 is 1.20. The van der Waals surface area contributed by atoms with Gasteiger partial charge in [-0.3, -0.25) is 9.36 Å². The molecule has 1 N–H and O–H groups in total. The highest BCUT2D eigenvalue weighted by atomic mass is 16.3. The number of aryl methyl sites for hydroxylation is 2. The predicted octanol–water partition coefficient (Wildman–Crippen LogP) is 4.57. The average molecular weight is 338 g/mol. The van der Waals surface area contributed by atoms with Crippen molar-refractivity contribution in [2.45, 2.75) is 47.1 Å². The smallest absolute Gasteiger partial charge is 0.281 e. The van der Waals surface area contributed by atoms with Crippen LogP contribution >= 0.6 is 0 Å². The molecule has 0 bridgehead atoms. The highest BCUT2D eigenvalue weighted by molar-refractivity contribution is 5.57. The third kappa shape index (κ3) is 3.77. The van der Waals surface area contributed by atoms with Crippen molar-refractivity contribution in [1.29, 1.82) is 5.26 Å². The first kappa shape index (κ1) is 18.4. The van der Waals surface area contributed by atoms with Crippen LogP contribution in [0.15, 0.2) is 33.2 Å². The van der Waals surface area contributed by atoms with E-state index in [0.717, 1.165) is 24.0 Å². The first-order valence-electron chi connectivity index (χ1n) is 8.26. The molecule has 1 heterocycles. The number of hydrogen-bond acceptors (Lipinski definition) is 5. The van der Waals surface area contributed by atoms with Crippen molar-refractivity contribution in [2.24, 2.45) is 10.2 Å². The number of azo groups is 1. The molecule has 130 valence electrons. The van der Waals surface area contributed by atoms with E-state index in [1.54, 1.807) is 6.92 Å². The molecule has 1 aromatic heterocycles. The van der Waals surface area contributed by atoms with Crippen LogP contribution in [0.1, 0.15) is 42.0 Å². The molecule has 0 aliphatic rings. The molecule has 25 heavy (non-hydrogen) atoms. The van der Waals surface area contributed by atoms with Gasteiger partial charge in [-0.25, -0.2) is 0 Å². The molecule has 0 saturated carbocycles. The Morgan fingerprint density at radius 3 is 2.60 bits per heavy atom. The van der Waals surface area contributed by atoms with Crippen LogP contribution in [0.2, 0.25) is 0 Å². The summed E-state index contributed by atoms with van der Waals surface area (Å²) in [7, 11) is 0. The van der Waals surface area contributed by atoms with E-state index in [4.69, 9.17) is 0 Å². The molecule has 0 radical (unpaired) electrons. The van der Waals surface area contributed by atoms with Crippen LogP contribution in [0.5, 0.6) is 5.88 Å². The summed E-state index contributed by atoms with van der Waals surface area (Å²) in [6.07, 6.45) is 1.58. The second kappa shape index (κ2) is 7.75. The van der Waals surface area contributed by atoms with Gasteiger partial charge in [0, 0.05) is 12.1 Å². The fourth-order valence-electron chi connectivity index (χ4n) is 2.51. The van der Waals surface area contributed by atoms with Gasteiger partial charge in [-0.1, -0.05) is 25.5 Å². The summed E-state index contributed by atoms with van der Waals surface area (Å²) in [4.78, 5) is 12.7. The van der Waals surface area contributed by atoms with Crippen molar-refractivity contribution in [2.75, 3.05) is 0 Å². The second-order valence-corrected chi connectivity index (χ2v) is 6.08. The van der Waals surface area contributed by atoms with Crippen molar-refractivity contribution >= 4 is 11.4 Å². The van der Waals surface area contributed by atoms with Gasteiger partial charge in [-0.2, -0.15) is 10.4 Å². The maximum absolute atomic E-state index is 12.7. The molecule has 2 rings (SSSR count). The van der Waals surface area contributed by atoms with Crippen molar-refractivity contribution < 1.29 is 5.11 Å². The molecule has 6 nitrogen and oxygen atoms in total. The van der Waals surface area contributed by atoms with Crippen LogP contribution in [0.4, 0.5) is 11.4 Å². The highest BCUT2D eigenvalue weighted by Crippen LogP contribution is 2.28. The van der Waals surface area contributed by atoms with Gasteiger partial charge in [-0.15, -0.1) is 5.11 Å². The summed E-state index contributed by atoms with van der Waals surface area (Å²) in [5.74, 6) is -0.302. The number of aromatic nitrogens is 1. The minimum Gasteiger partial charge on any atom is -0.493 e. The number of rotatable bonds is 5. The number of unbranched alkanes of at least 4 members (excludes halogenated alkanes) is 1. The maximum atomic E-state index is 12.7. The van der Waals surface area contributed by atoms with E-state index in [9.17, 15) is 15.2 Å². The first-order valence-corrected chi connectivity index (χ1v) is 8.26. The van der Waals surface area contributed by atoms with Crippen molar-refractivity contribution in [3.63, 3.8) is 0 Å². The summed E-state index contributed by atoms with van der Waals surface area (Å²) in [5.41, 5.74) is 2.71. The lowest BCUT2D eigenvalue weighted by atomic mass is 10.1. The standard InChI is InChI=1S/C19H22N4O2/c1-5-6-9-23-18(24)15(11-20)14(4)17(19(23)25)22-21-16-10-12(2)7-8-13(16)3/h7-8,10,24H,5-6,9H2,1-4H3. The van der Waals surface area contributed by atoms with Crippen molar-refractivity contribution in [3.8, 4) is 11.9 Å². The van der Waals surface area contributed by atoms with Crippen LogP contribution in [0, 0.1) is 32.1 Å². The van der Waals surface area contributed by atoms with Crippen molar-refractivity contribution in [1.82, 2.24) is 4.57 Å². The predicted molar refractivity (Wildman–Crippen MR) is 96.8 cm³/mol. The topological polar surface area (TPSA) is 90.7 Å². The zero-order valence-electron chi connectivity index (χ0n) is 15.0. The Balaban J connectivity index is 2.61. The number of aromatic hydroxyl groups is 1. The molecule has 0 amide bonds. The van der Waals surface area contributed by atoms with Gasteiger partial charge < -0.3 is 5.11 Å². The van der Waals surface area contributed by atoms with Crippen LogP contribution in [0.3, 0.4) is 0 Å². The van der Waals surface area contributed by atoms with E-state index in [1.165, 1.54) is 4.57 Å². The number of hydrogen-bond donors (Lipinski definition) is 1. The van der Waals surface area contributed by atoms with Crippen LogP contribution in [-0.2, 0) is 6.54 Å². The highest BCUT2D eigenvalue weighted by Gasteiger charge is 2.18. The lowest BCUT2D eigenvalue weighted by Crippen LogP contribution is -2.22. The zero-order valence-corrected chi connectivity index (χ0v) is 15.0. The Hall–Kier alpha value is -2.94. The van der Waals surface area contributed by atoms with Gasteiger partial charge in [-0.05, 0) is 44.4 Å². The Labute approximate surface area is 147 Å². The van der Waals surface area contributed by atoms with Gasteiger partial charge in [0.05, 0.1) is 5.69 Å². The summed E-state index contributed by atoms with van der Waals surface area (Å²) in [6.45, 7) is 7.79. The van der Waals surface area contributed by atoms with E-state index >= 15 is 0 Å². The molecule has 0 atom stereocenters. The summed E-state index contributed by atoms with van der Waals surface area (Å²) in [6, 6.07) is 7.76.